The Balaban J connectivity index is 3.17. The lowest BCUT2D eigenvalue weighted by Crippen LogP contribution is -2.31. The summed E-state index contributed by atoms with van der Waals surface area (Å²) in [5, 5.41) is -0.141. The molecule has 5 nitrogen and oxygen atoms in total. The molecule has 0 aromatic heterocycles. The molecule has 0 radical (unpaired) electrons. The van der Waals surface area contributed by atoms with Crippen molar-refractivity contribution in [3.05, 3.63) is 40.0 Å². The Kier molecular flexibility index (Phi) is 5.74. The minimum atomic E-state index is -4.17. The minimum absolute atomic E-state index is 0.0285. The molecule has 0 aliphatic carbocycles. The fourth-order valence-electron chi connectivity index (χ4n) is 1.37. The molecule has 0 atom stereocenters. The van der Waals surface area contributed by atoms with Crippen molar-refractivity contribution in [2.45, 2.75) is 18.7 Å². The van der Waals surface area contributed by atoms with Crippen LogP contribution in [0.1, 0.15) is 13.8 Å². The molecule has 8 heteroatoms. The van der Waals surface area contributed by atoms with Gasteiger partial charge in [-0.3, -0.25) is 9.79 Å². The van der Waals surface area contributed by atoms with Crippen LogP contribution in [0.5, 0.6) is 0 Å². The van der Waals surface area contributed by atoms with Crippen molar-refractivity contribution in [2.75, 3.05) is 0 Å². The monoisotopic (exact) mass is 334 g/mol. The molecular weight excluding hydrogens is 323 g/mol. The third-order valence-corrected chi connectivity index (χ3v) is 4.47. The Bertz CT molecular complexity index is 662. The zero-order chi connectivity index (χ0) is 15.3. The second-order valence-electron chi connectivity index (χ2n) is 3.55. The van der Waals surface area contributed by atoms with E-state index in [9.17, 15) is 13.2 Å². The summed E-state index contributed by atoms with van der Waals surface area (Å²) < 4.78 is 26.1. The summed E-state index contributed by atoms with van der Waals surface area (Å²) in [6.45, 7) is 3.17. The third kappa shape index (κ3) is 3.82. The Morgan fingerprint density at radius 2 is 1.80 bits per heavy atom. The second-order valence-corrected chi connectivity index (χ2v) is 5.98. The number of hydrogen-bond donors (Lipinski definition) is 1. The van der Waals surface area contributed by atoms with E-state index in [-0.39, 0.29) is 20.6 Å². The average molecular weight is 335 g/mol. The summed E-state index contributed by atoms with van der Waals surface area (Å²) >= 11 is 11.6. The van der Waals surface area contributed by atoms with E-state index in [1.807, 2.05) is 4.72 Å². The number of aliphatic imine (C=N–C) groups is 1. The van der Waals surface area contributed by atoms with Gasteiger partial charge in [0.25, 0.3) is 15.9 Å². The SMILES string of the molecule is CC=N/C(=C\C)C(=O)NS(=O)(=O)c1c(Cl)cccc1Cl. The van der Waals surface area contributed by atoms with Crippen LogP contribution in [0.4, 0.5) is 0 Å². The van der Waals surface area contributed by atoms with E-state index < -0.39 is 15.9 Å². The van der Waals surface area contributed by atoms with E-state index >= 15 is 0 Å². The van der Waals surface area contributed by atoms with Gasteiger partial charge in [-0.25, -0.2) is 13.1 Å². The molecule has 0 spiro atoms. The Morgan fingerprint density at radius 3 is 2.25 bits per heavy atom. The molecule has 0 bridgehead atoms. The Morgan fingerprint density at radius 1 is 1.25 bits per heavy atom. The number of rotatable bonds is 4. The highest BCUT2D eigenvalue weighted by Gasteiger charge is 2.24. The maximum atomic E-state index is 12.1. The fraction of sp³-hybridized carbons (Fsp3) is 0.167. The number of hydrogen-bond acceptors (Lipinski definition) is 4. The van der Waals surface area contributed by atoms with Crippen molar-refractivity contribution in [3.63, 3.8) is 0 Å². The summed E-state index contributed by atoms with van der Waals surface area (Å²) in [7, 11) is -4.17. The number of sulfonamides is 1. The zero-order valence-corrected chi connectivity index (χ0v) is 13.1. The van der Waals surface area contributed by atoms with Crippen LogP contribution in [0.25, 0.3) is 0 Å². The second kappa shape index (κ2) is 6.88. The lowest BCUT2D eigenvalue weighted by atomic mass is 10.4. The van der Waals surface area contributed by atoms with Gasteiger partial charge in [0.1, 0.15) is 10.6 Å². The van der Waals surface area contributed by atoms with Crippen LogP contribution in [0, 0.1) is 0 Å². The molecule has 1 rings (SSSR count). The van der Waals surface area contributed by atoms with Crippen molar-refractivity contribution >= 4 is 45.3 Å². The zero-order valence-electron chi connectivity index (χ0n) is 10.7. The van der Waals surface area contributed by atoms with Crippen LogP contribution in [0.2, 0.25) is 10.0 Å². The van der Waals surface area contributed by atoms with E-state index in [2.05, 4.69) is 4.99 Å². The quantitative estimate of drug-likeness (QED) is 0.679. The normalized spacial score (nSPS) is 12.7. The number of allylic oxidation sites excluding steroid dienone is 1. The number of nitrogens with zero attached hydrogens (tertiary/aromatic N) is 1. The fourth-order valence-corrected chi connectivity index (χ4v) is 3.48. The summed E-state index contributed by atoms with van der Waals surface area (Å²) in [5.74, 6) is -0.860. The van der Waals surface area contributed by atoms with Gasteiger partial charge in [0.2, 0.25) is 0 Å². The molecule has 20 heavy (non-hydrogen) atoms. The van der Waals surface area contributed by atoms with E-state index in [0.29, 0.717) is 0 Å². The molecule has 1 aromatic carbocycles. The van der Waals surface area contributed by atoms with E-state index in [1.165, 1.54) is 30.5 Å². The number of carbonyl (C=O) groups is 1. The summed E-state index contributed by atoms with van der Waals surface area (Å²) in [6, 6.07) is 4.24. The third-order valence-electron chi connectivity index (χ3n) is 2.19. The van der Waals surface area contributed by atoms with Crippen molar-refractivity contribution < 1.29 is 13.2 Å². The molecule has 108 valence electrons. The Hall–Kier alpha value is -1.37. The maximum Gasteiger partial charge on any atom is 0.283 e. The average Bonchev–Trinajstić information content (AvgIpc) is 2.34. The van der Waals surface area contributed by atoms with Crippen LogP contribution in [0.3, 0.4) is 0 Å². The van der Waals surface area contributed by atoms with Crippen LogP contribution >= 0.6 is 23.2 Å². The minimum Gasteiger partial charge on any atom is -0.266 e. The molecular formula is C12H12Cl2N2O3S. The first-order valence-corrected chi connectivity index (χ1v) is 7.73. The van der Waals surface area contributed by atoms with Crippen LogP contribution in [0.15, 0.2) is 39.9 Å². The smallest absolute Gasteiger partial charge is 0.266 e. The molecule has 1 amide bonds. The van der Waals surface area contributed by atoms with Crippen LogP contribution in [-0.2, 0) is 14.8 Å². The lowest BCUT2D eigenvalue weighted by molar-refractivity contribution is -0.115. The van der Waals surface area contributed by atoms with Crippen LogP contribution < -0.4 is 4.72 Å². The number of nitrogens with one attached hydrogen (secondary N) is 1. The van der Waals surface area contributed by atoms with E-state index in [0.717, 1.165) is 0 Å². The van der Waals surface area contributed by atoms with Gasteiger partial charge in [0.05, 0.1) is 10.0 Å². The van der Waals surface area contributed by atoms with Gasteiger partial charge < -0.3 is 0 Å². The Labute approximate surface area is 127 Å². The van der Waals surface area contributed by atoms with E-state index in [1.54, 1.807) is 13.8 Å². The molecule has 0 aliphatic rings. The van der Waals surface area contributed by atoms with Crippen LogP contribution in [-0.4, -0.2) is 20.5 Å². The first kappa shape index (κ1) is 16.7. The molecule has 0 saturated heterocycles. The molecule has 1 N–H and O–H groups in total. The topological polar surface area (TPSA) is 75.6 Å². The molecule has 0 fully saturated rings. The van der Waals surface area contributed by atoms with Crippen molar-refractivity contribution in [1.82, 2.24) is 4.72 Å². The lowest BCUT2D eigenvalue weighted by Gasteiger charge is -2.09. The highest BCUT2D eigenvalue weighted by molar-refractivity contribution is 7.90. The first-order valence-electron chi connectivity index (χ1n) is 5.49. The van der Waals surface area contributed by atoms with Gasteiger partial charge in [0.15, 0.2) is 0 Å². The van der Waals surface area contributed by atoms with Gasteiger partial charge in [-0.1, -0.05) is 35.3 Å². The van der Waals surface area contributed by atoms with Gasteiger partial charge >= 0.3 is 0 Å². The highest BCUT2D eigenvalue weighted by Crippen LogP contribution is 2.28. The van der Waals surface area contributed by atoms with E-state index in [4.69, 9.17) is 23.2 Å². The van der Waals surface area contributed by atoms with Gasteiger partial charge in [0, 0.05) is 6.21 Å². The maximum absolute atomic E-state index is 12.1. The van der Waals surface area contributed by atoms with Gasteiger partial charge in [-0.15, -0.1) is 0 Å². The van der Waals surface area contributed by atoms with Crippen molar-refractivity contribution in [2.24, 2.45) is 4.99 Å². The number of carbonyl (C=O) groups excluding carboxylic acids is 1. The van der Waals surface area contributed by atoms with Gasteiger partial charge in [-0.05, 0) is 26.0 Å². The standard InChI is InChI=1S/C12H12Cl2N2O3S/c1-3-10(15-4-2)12(17)16-20(18,19)11-8(13)6-5-7-9(11)14/h3-7H,1-2H3,(H,16,17)/b10-3-,15-4?. The molecule has 0 aliphatic heterocycles. The molecule has 0 unspecified atom stereocenters. The van der Waals surface area contributed by atoms with Gasteiger partial charge in [-0.2, -0.15) is 0 Å². The number of halogens is 2. The number of amides is 1. The summed E-state index contributed by atoms with van der Waals surface area (Å²) in [5.41, 5.74) is -0.0285. The molecule has 0 saturated carbocycles. The molecule has 0 heterocycles. The van der Waals surface area contributed by atoms with Crippen molar-refractivity contribution in [1.29, 1.82) is 0 Å². The first-order chi connectivity index (χ1) is 9.33. The predicted octanol–water partition coefficient (Wildman–Crippen LogP) is 2.79. The summed E-state index contributed by atoms with van der Waals surface area (Å²) in [6.07, 6.45) is 2.77. The number of benzene rings is 1. The molecule has 1 aromatic rings. The summed E-state index contributed by atoms with van der Waals surface area (Å²) in [4.78, 5) is 15.2. The largest absolute Gasteiger partial charge is 0.283 e. The predicted molar refractivity (Wildman–Crippen MR) is 79.7 cm³/mol. The highest BCUT2D eigenvalue weighted by atomic mass is 35.5. The van der Waals surface area contributed by atoms with Crippen molar-refractivity contribution in [3.8, 4) is 0 Å².